The number of aliphatic hydroxyl groups excluding tert-OH is 1. The number of aliphatic hydroxyl groups is 1. The largest absolute Gasteiger partial charge is 0.494 e. The lowest BCUT2D eigenvalue weighted by Gasteiger charge is -2.08. The summed E-state index contributed by atoms with van der Waals surface area (Å²) >= 11 is 0. The molecule has 0 aliphatic heterocycles. The predicted molar refractivity (Wildman–Crippen MR) is 177 cm³/mol. The van der Waals surface area contributed by atoms with E-state index in [1.165, 1.54) is 63.4 Å². The molecule has 44 heavy (non-hydrogen) atoms. The van der Waals surface area contributed by atoms with Gasteiger partial charge in [-0.2, -0.15) is 10.2 Å². The summed E-state index contributed by atoms with van der Waals surface area (Å²) < 4.78 is 16.3. The van der Waals surface area contributed by atoms with Gasteiger partial charge >= 0.3 is 6.03 Å². The molecule has 2 amide bonds. The first-order valence-corrected chi connectivity index (χ1v) is 16.7. The molecule has 0 atom stereocenters. The average Bonchev–Trinajstić information content (AvgIpc) is 3.05. The zero-order valence-electron chi connectivity index (χ0n) is 26.9. The summed E-state index contributed by atoms with van der Waals surface area (Å²) in [6.07, 6.45) is 15.5. The van der Waals surface area contributed by atoms with Crippen LogP contribution in [0.3, 0.4) is 0 Å². The molecule has 0 spiro atoms. The van der Waals surface area contributed by atoms with Gasteiger partial charge in [0.25, 0.3) is 0 Å². The number of urea groups is 1. The number of benzene rings is 2. The van der Waals surface area contributed by atoms with E-state index in [0.717, 1.165) is 49.4 Å². The number of nitrogens with one attached hydrogen (secondary N) is 2. The van der Waals surface area contributed by atoms with Crippen LogP contribution in [0.2, 0.25) is 0 Å². The van der Waals surface area contributed by atoms with E-state index in [1.807, 2.05) is 36.4 Å². The highest BCUT2D eigenvalue weighted by atomic mass is 16.5. The molecule has 0 heterocycles. The molecule has 0 radical (unpaired) electrons. The van der Waals surface area contributed by atoms with E-state index in [0.29, 0.717) is 39.5 Å². The van der Waals surface area contributed by atoms with E-state index in [2.05, 4.69) is 39.9 Å². The van der Waals surface area contributed by atoms with Crippen LogP contribution in [-0.2, 0) is 15.9 Å². The van der Waals surface area contributed by atoms with Crippen LogP contribution in [0, 0.1) is 0 Å². The molecule has 0 aliphatic carbocycles. The van der Waals surface area contributed by atoms with Gasteiger partial charge in [-0.25, -0.2) is 4.79 Å². The fourth-order valence-electron chi connectivity index (χ4n) is 4.58. The third kappa shape index (κ3) is 20.0. The van der Waals surface area contributed by atoms with Gasteiger partial charge < -0.3 is 30.0 Å². The van der Waals surface area contributed by atoms with Gasteiger partial charge in [0.2, 0.25) is 0 Å². The molecule has 3 N–H and O–H groups in total. The van der Waals surface area contributed by atoms with Gasteiger partial charge in [-0.15, -0.1) is 0 Å². The topological polar surface area (TPSA) is 114 Å². The minimum absolute atomic E-state index is 0.0146. The van der Waals surface area contributed by atoms with E-state index in [-0.39, 0.29) is 12.6 Å². The zero-order valence-corrected chi connectivity index (χ0v) is 26.9. The molecule has 246 valence electrons. The van der Waals surface area contributed by atoms with Crippen LogP contribution in [0.25, 0.3) is 0 Å². The first-order valence-electron chi connectivity index (χ1n) is 16.7. The predicted octanol–water partition coefficient (Wildman–Crippen LogP) is 8.05. The molecule has 2 aromatic rings. The molecule has 2 rings (SSSR count). The fourth-order valence-corrected chi connectivity index (χ4v) is 4.58. The SMILES string of the molecule is CCCCCCc1ccc(N=Nc2ccc(OCCCCCCCCCCNC(=O)NCCOCCOCCO)cc2)cc1. The Hall–Kier alpha value is -3.01. The van der Waals surface area contributed by atoms with Crippen molar-refractivity contribution in [1.82, 2.24) is 10.6 Å². The number of carbonyl (C=O) groups is 1. The number of carbonyl (C=O) groups excluding carboxylic acids is 1. The Morgan fingerprint density at radius 1 is 0.636 bits per heavy atom. The average molecular weight is 613 g/mol. The summed E-state index contributed by atoms with van der Waals surface area (Å²) in [7, 11) is 0. The lowest BCUT2D eigenvalue weighted by Crippen LogP contribution is -2.37. The molecule has 0 saturated heterocycles. The van der Waals surface area contributed by atoms with E-state index in [4.69, 9.17) is 19.3 Å². The molecule has 0 unspecified atom stereocenters. The van der Waals surface area contributed by atoms with Crippen LogP contribution < -0.4 is 15.4 Å². The van der Waals surface area contributed by atoms with Gasteiger partial charge in [-0.1, -0.05) is 76.8 Å². The van der Waals surface area contributed by atoms with Crippen LogP contribution in [0.1, 0.15) is 89.5 Å². The first kappa shape index (κ1) is 37.2. The summed E-state index contributed by atoms with van der Waals surface area (Å²) in [6.45, 7) is 5.80. The van der Waals surface area contributed by atoms with E-state index >= 15 is 0 Å². The second-order valence-electron chi connectivity index (χ2n) is 11.0. The highest BCUT2D eigenvalue weighted by molar-refractivity contribution is 5.73. The number of hydrogen-bond donors (Lipinski definition) is 3. The molecule has 0 aromatic heterocycles. The van der Waals surface area contributed by atoms with Gasteiger partial charge in [0.1, 0.15) is 5.75 Å². The minimum atomic E-state index is -0.154. The number of amides is 2. The summed E-state index contributed by atoms with van der Waals surface area (Å²) in [5.74, 6) is 0.868. The van der Waals surface area contributed by atoms with Crippen molar-refractivity contribution in [3.8, 4) is 5.75 Å². The number of aryl methyl sites for hydroxylation is 1. The van der Waals surface area contributed by atoms with Gasteiger partial charge in [-0.05, 0) is 67.6 Å². The Morgan fingerprint density at radius 3 is 1.86 bits per heavy atom. The van der Waals surface area contributed by atoms with Crippen molar-refractivity contribution in [2.24, 2.45) is 10.2 Å². The minimum Gasteiger partial charge on any atom is -0.494 e. The maximum atomic E-state index is 11.8. The standard InChI is InChI=1S/C35H56N4O5/c1-2-3-4-11-14-31-15-17-32(18-16-31)38-39-33-19-21-34(22-20-33)44-26-13-10-8-6-5-7-9-12-23-36-35(41)37-24-27-42-29-30-43-28-25-40/h15-22,40H,2-14,23-30H2,1H3,(H2,36,37,41). The molecule has 2 aromatic carbocycles. The van der Waals surface area contributed by atoms with Crippen molar-refractivity contribution in [2.45, 2.75) is 90.4 Å². The quantitative estimate of drug-likeness (QED) is 0.0698. The van der Waals surface area contributed by atoms with E-state index < -0.39 is 0 Å². The monoisotopic (exact) mass is 612 g/mol. The van der Waals surface area contributed by atoms with Crippen LogP contribution in [0.15, 0.2) is 58.8 Å². The summed E-state index contributed by atoms with van der Waals surface area (Å²) in [4.78, 5) is 11.8. The number of unbranched alkanes of at least 4 members (excludes halogenated alkanes) is 10. The molecule has 9 heteroatoms. The summed E-state index contributed by atoms with van der Waals surface area (Å²) in [6, 6.07) is 16.0. The zero-order chi connectivity index (χ0) is 31.3. The molecular weight excluding hydrogens is 556 g/mol. The molecular formula is C35H56N4O5. The molecule has 0 saturated carbocycles. The maximum Gasteiger partial charge on any atom is 0.314 e. The van der Waals surface area contributed by atoms with Crippen molar-refractivity contribution in [3.63, 3.8) is 0 Å². The van der Waals surface area contributed by atoms with Gasteiger partial charge in [0, 0.05) is 13.1 Å². The molecule has 0 fully saturated rings. The number of rotatable bonds is 27. The van der Waals surface area contributed by atoms with Crippen molar-refractivity contribution < 1.29 is 24.1 Å². The van der Waals surface area contributed by atoms with Gasteiger partial charge in [-0.3, -0.25) is 0 Å². The normalized spacial score (nSPS) is 11.2. The van der Waals surface area contributed by atoms with Crippen LogP contribution in [0.5, 0.6) is 5.75 Å². The van der Waals surface area contributed by atoms with Crippen LogP contribution >= 0.6 is 0 Å². The number of ether oxygens (including phenoxy) is 3. The lowest BCUT2D eigenvalue weighted by atomic mass is 10.1. The Bertz CT molecular complexity index is 986. The van der Waals surface area contributed by atoms with E-state index in [9.17, 15) is 4.79 Å². The van der Waals surface area contributed by atoms with Crippen molar-refractivity contribution in [2.75, 3.05) is 52.7 Å². The van der Waals surface area contributed by atoms with Crippen molar-refractivity contribution in [1.29, 1.82) is 0 Å². The molecule has 9 nitrogen and oxygen atoms in total. The smallest absolute Gasteiger partial charge is 0.314 e. The van der Waals surface area contributed by atoms with Gasteiger partial charge in [0.05, 0.1) is 51.0 Å². The molecule has 0 aliphatic rings. The van der Waals surface area contributed by atoms with E-state index in [1.54, 1.807) is 0 Å². The number of hydrogen-bond acceptors (Lipinski definition) is 7. The summed E-state index contributed by atoms with van der Waals surface area (Å²) in [5, 5.41) is 23.0. The summed E-state index contributed by atoms with van der Waals surface area (Å²) in [5.41, 5.74) is 3.05. The highest BCUT2D eigenvalue weighted by Gasteiger charge is 2.00. The third-order valence-corrected chi connectivity index (χ3v) is 7.14. The van der Waals surface area contributed by atoms with Crippen LogP contribution in [0.4, 0.5) is 16.2 Å². The molecule has 0 bridgehead atoms. The highest BCUT2D eigenvalue weighted by Crippen LogP contribution is 2.22. The number of azo groups is 1. The Morgan fingerprint density at radius 2 is 1.20 bits per heavy atom. The second-order valence-corrected chi connectivity index (χ2v) is 11.0. The van der Waals surface area contributed by atoms with Crippen molar-refractivity contribution in [3.05, 3.63) is 54.1 Å². The van der Waals surface area contributed by atoms with Crippen LogP contribution in [-0.4, -0.2) is 63.9 Å². The Kier molecular flexibility index (Phi) is 22.3. The van der Waals surface area contributed by atoms with Crippen molar-refractivity contribution >= 4 is 17.4 Å². The fraction of sp³-hybridized carbons (Fsp3) is 0.629. The first-order chi connectivity index (χ1) is 21.7. The maximum absolute atomic E-state index is 11.8. The van der Waals surface area contributed by atoms with Gasteiger partial charge in [0.15, 0.2) is 0 Å². The second kappa shape index (κ2) is 26.4. The Balaban J connectivity index is 1.39. The third-order valence-electron chi connectivity index (χ3n) is 7.14. The number of nitrogens with zero attached hydrogens (tertiary/aromatic N) is 2. The lowest BCUT2D eigenvalue weighted by molar-refractivity contribution is 0.0344. The Labute approximate surface area is 265 Å².